The van der Waals surface area contributed by atoms with Crippen molar-refractivity contribution in [3.8, 4) is 0 Å². The largest absolute Gasteiger partial charge is 0.397 e. The van der Waals surface area contributed by atoms with Crippen LogP contribution in [0.2, 0.25) is 0 Å². The van der Waals surface area contributed by atoms with Crippen LogP contribution in [0.4, 0.5) is 17.1 Å². The molecular formula is C16H19N3O. The van der Waals surface area contributed by atoms with Crippen LogP contribution >= 0.6 is 0 Å². The lowest BCUT2D eigenvalue weighted by atomic mass is 10.1. The highest BCUT2D eigenvalue weighted by atomic mass is 16.1. The Labute approximate surface area is 119 Å². The zero-order valence-corrected chi connectivity index (χ0v) is 11.8. The Morgan fingerprint density at radius 3 is 2.35 bits per heavy atom. The van der Waals surface area contributed by atoms with Crippen molar-refractivity contribution in [2.45, 2.75) is 13.3 Å². The van der Waals surface area contributed by atoms with Gasteiger partial charge in [0.25, 0.3) is 0 Å². The molecule has 0 aromatic heterocycles. The minimum absolute atomic E-state index is 0.450. The van der Waals surface area contributed by atoms with Gasteiger partial charge in [0.05, 0.1) is 11.4 Å². The molecule has 2 aromatic rings. The summed E-state index contributed by atoms with van der Waals surface area (Å²) in [5.41, 5.74) is 15.4. The van der Waals surface area contributed by atoms with Crippen molar-refractivity contribution < 1.29 is 4.79 Å². The highest BCUT2D eigenvalue weighted by Crippen LogP contribution is 2.30. The van der Waals surface area contributed by atoms with E-state index in [0.29, 0.717) is 11.3 Å². The molecule has 4 nitrogen and oxygen atoms in total. The van der Waals surface area contributed by atoms with Gasteiger partial charge < -0.3 is 16.4 Å². The minimum Gasteiger partial charge on any atom is -0.397 e. The van der Waals surface area contributed by atoms with Gasteiger partial charge in [-0.3, -0.25) is 4.79 Å². The molecule has 20 heavy (non-hydrogen) atoms. The zero-order valence-electron chi connectivity index (χ0n) is 11.8. The summed E-state index contributed by atoms with van der Waals surface area (Å²) in [5, 5.41) is 0. The normalized spacial score (nSPS) is 10.3. The van der Waals surface area contributed by atoms with Crippen LogP contribution in [0.1, 0.15) is 22.8 Å². The quantitative estimate of drug-likeness (QED) is 0.838. The number of hydrogen-bond acceptors (Lipinski definition) is 3. The Hall–Kier alpha value is -2.49. The number of carbonyl (C=O) groups excluding carboxylic acids is 1. The molecule has 0 saturated carbocycles. The fraction of sp³-hybridized carbons (Fsp3) is 0.188. The van der Waals surface area contributed by atoms with Gasteiger partial charge in [0.1, 0.15) is 0 Å². The molecule has 1 amide bonds. The van der Waals surface area contributed by atoms with Gasteiger partial charge in [-0.05, 0) is 42.3 Å². The summed E-state index contributed by atoms with van der Waals surface area (Å²) >= 11 is 0. The first-order valence-corrected chi connectivity index (χ1v) is 6.55. The molecule has 0 spiro atoms. The van der Waals surface area contributed by atoms with Crippen molar-refractivity contribution >= 4 is 23.0 Å². The van der Waals surface area contributed by atoms with Gasteiger partial charge >= 0.3 is 0 Å². The molecule has 0 aliphatic rings. The number of amides is 1. The van der Waals surface area contributed by atoms with Crippen molar-refractivity contribution in [3.05, 3.63) is 53.6 Å². The molecule has 0 radical (unpaired) electrons. The summed E-state index contributed by atoms with van der Waals surface area (Å²) in [5.74, 6) is -0.457. The fourth-order valence-corrected chi connectivity index (χ4v) is 2.08. The van der Waals surface area contributed by atoms with Crippen LogP contribution in [0.3, 0.4) is 0 Å². The van der Waals surface area contributed by atoms with E-state index in [1.807, 2.05) is 24.1 Å². The highest BCUT2D eigenvalue weighted by molar-refractivity contribution is 5.95. The van der Waals surface area contributed by atoms with Crippen LogP contribution in [0.25, 0.3) is 0 Å². The number of aryl methyl sites for hydroxylation is 1. The SMILES string of the molecule is CCc1ccc(N(C)c2cc(C(N)=O)ccc2N)cc1. The van der Waals surface area contributed by atoms with Crippen LogP contribution in [0, 0.1) is 0 Å². The van der Waals surface area contributed by atoms with Gasteiger partial charge in [0, 0.05) is 18.3 Å². The van der Waals surface area contributed by atoms with Crippen molar-refractivity contribution in [3.63, 3.8) is 0 Å². The zero-order chi connectivity index (χ0) is 14.7. The van der Waals surface area contributed by atoms with Gasteiger partial charge in [-0.25, -0.2) is 0 Å². The lowest BCUT2D eigenvalue weighted by Crippen LogP contribution is -2.15. The molecule has 2 aromatic carbocycles. The number of hydrogen-bond donors (Lipinski definition) is 2. The molecule has 0 aliphatic carbocycles. The third kappa shape index (κ3) is 2.74. The number of benzene rings is 2. The maximum Gasteiger partial charge on any atom is 0.248 e. The number of carbonyl (C=O) groups is 1. The van der Waals surface area contributed by atoms with Crippen LogP contribution in [0.5, 0.6) is 0 Å². The predicted octanol–water partition coefficient (Wildman–Crippen LogP) is 2.70. The summed E-state index contributed by atoms with van der Waals surface area (Å²) in [4.78, 5) is 13.2. The van der Waals surface area contributed by atoms with E-state index < -0.39 is 5.91 Å². The van der Waals surface area contributed by atoms with Crippen LogP contribution in [0.15, 0.2) is 42.5 Å². The number of nitrogens with two attached hydrogens (primary N) is 2. The molecule has 0 unspecified atom stereocenters. The van der Waals surface area contributed by atoms with Gasteiger partial charge in [-0.15, -0.1) is 0 Å². The topological polar surface area (TPSA) is 72.3 Å². The molecule has 0 heterocycles. The molecule has 104 valence electrons. The Balaban J connectivity index is 2.38. The number of rotatable bonds is 4. The van der Waals surface area contributed by atoms with Gasteiger partial charge in [-0.2, -0.15) is 0 Å². The average molecular weight is 269 g/mol. The number of anilines is 3. The Bertz CT molecular complexity index is 620. The first-order valence-electron chi connectivity index (χ1n) is 6.55. The molecule has 0 saturated heterocycles. The third-order valence-electron chi connectivity index (χ3n) is 3.41. The van der Waals surface area contributed by atoms with Gasteiger partial charge in [0.15, 0.2) is 0 Å². The second-order valence-corrected chi connectivity index (χ2v) is 4.72. The van der Waals surface area contributed by atoms with E-state index in [4.69, 9.17) is 11.5 Å². The molecule has 0 bridgehead atoms. The summed E-state index contributed by atoms with van der Waals surface area (Å²) in [7, 11) is 1.91. The predicted molar refractivity (Wildman–Crippen MR) is 83.3 cm³/mol. The second-order valence-electron chi connectivity index (χ2n) is 4.72. The Kier molecular flexibility index (Phi) is 3.94. The summed E-state index contributed by atoms with van der Waals surface area (Å²) in [6, 6.07) is 13.3. The van der Waals surface area contributed by atoms with Crippen molar-refractivity contribution in [2.75, 3.05) is 17.7 Å². The maximum atomic E-state index is 11.3. The average Bonchev–Trinajstić information content (AvgIpc) is 2.47. The standard InChI is InChI=1S/C16H19N3O/c1-3-11-4-7-13(8-5-11)19(2)15-10-12(16(18)20)6-9-14(15)17/h4-10H,3,17H2,1-2H3,(H2,18,20). The van der Waals surface area contributed by atoms with Crippen molar-refractivity contribution in [1.82, 2.24) is 0 Å². The summed E-state index contributed by atoms with van der Waals surface area (Å²) in [6.45, 7) is 2.12. The van der Waals surface area contributed by atoms with Crippen LogP contribution in [-0.2, 0) is 6.42 Å². The molecule has 0 atom stereocenters. The van der Waals surface area contributed by atoms with E-state index >= 15 is 0 Å². The first kappa shape index (κ1) is 13.9. The summed E-state index contributed by atoms with van der Waals surface area (Å²) < 4.78 is 0. The molecule has 2 rings (SSSR count). The van der Waals surface area contributed by atoms with E-state index in [0.717, 1.165) is 17.8 Å². The molecule has 0 aliphatic heterocycles. The smallest absolute Gasteiger partial charge is 0.248 e. The van der Waals surface area contributed by atoms with E-state index in [-0.39, 0.29) is 0 Å². The second kappa shape index (κ2) is 5.65. The molecular weight excluding hydrogens is 250 g/mol. The van der Waals surface area contributed by atoms with Crippen LogP contribution in [-0.4, -0.2) is 13.0 Å². The van der Waals surface area contributed by atoms with E-state index in [1.54, 1.807) is 18.2 Å². The molecule has 0 fully saturated rings. The number of nitrogens with zero attached hydrogens (tertiary/aromatic N) is 1. The van der Waals surface area contributed by atoms with E-state index in [1.165, 1.54) is 5.56 Å². The van der Waals surface area contributed by atoms with Crippen molar-refractivity contribution in [1.29, 1.82) is 0 Å². The highest BCUT2D eigenvalue weighted by Gasteiger charge is 2.10. The molecule has 4 N–H and O–H groups in total. The first-order chi connectivity index (χ1) is 9.52. The monoisotopic (exact) mass is 269 g/mol. The third-order valence-corrected chi connectivity index (χ3v) is 3.41. The van der Waals surface area contributed by atoms with E-state index in [2.05, 4.69) is 19.1 Å². The van der Waals surface area contributed by atoms with Gasteiger partial charge in [0.2, 0.25) is 5.91 Å². The van der Waals surface area contributed by atoms with Crippen molar-refractivity contribution in [2.24, 2.45) is 5.73 Å². The summed E-state index contributed by atoms with van der Waals surface area (Å²) in [6.07, 6.45) is 1.00. The van der Waals surface area contributed by atoms with Crippen LogP contribution < -0.4 is 16.4 Å². The van der Waals surface area contributed by atoms with E-state index in [9.17, 15) is 4.79 Å². The Morgan fingerprint density at radius 1 is 1.15 bits per heavy atom. The minimum atomic E-state index is -0.457. The number of nitrogen functional groups attached to an aromatic ring is 1. The lowest BCUT2D eigenvalue weighted by molar-refractivity contribution is 0.100. The maximum absolute atomic E-state index is 11.3. The Morgan fingerprint density at radius 2 is 1.80 bits per heavy atom. The lowest BCUT2D eigenvalue weighted by Gasteiger charge is -2.22. The number of primary amides is 1. The fourth-order valence-electron chi connectivity index (χ4n) is 2.08. The molecule has 4 heteroatoms. The van der Waals surface area contributed by atoms with Gasteiger partial charge in [-0.1, -0.05) is 19.1 Å².